The minimum Gasteiger partial charge on any atom is -0.394 e. The molecule has 19 heavy (non-hydrogen) atoms. The van der Waals surface area contributed by atoms with Crippen LogP contribution in [0.4, 0.5) is 14.5 Å². The van der Waals surface area contributed by atoms with Crippen molar-refractivity contribution >= 4 is 15.7 Å². The summed E-state index contributed by atoms with van der Waals surface area (Å²) < 4.78 is 53.0. The standard InChI is InChI=1S/C12H16F2N2O2S/c1-2-7-16(8-3-4-8)19(17,18)10-6-5-9(13)12(15)11(10)14/h5-6,8H,2-4,7,15H2,1H3. The molecule has 0 heterocycles. The van der Waals surface area contributed by atoms with Crippen LogP contribution in [0.2, 0.25) is 0 Å². The van der Waals surface area contributed by atoms with E-state index in [0.29, 0.717) is 13.0 Å². The van der Waals surface area contributed by atoms with Crippen molar-refractivity contribution in [1.82, 2.24) is 4.31 Å². The molecule has 0 bridgehead atoms. The van der Waals surface area contributed by atoms with E-state index in [9.17, 15) is 17.2 Å². The normalized spacial score (nSPS) is 16.0. The highest BCUT2D eigenvalue weighted by molar-refractivity contribution is 7.89. The summed E-state index contributed by atoms with van der Waals surface area (Å²) in [5, 5.41) is 0. The van der Waals surface area contributed by atoms with Gasteiger partial charge in [0.1, 0.15) is 16.4 Å². The molecule has 7 heteroatoms. The smallest absolute Gasteiger partial charge is 0.246 e. The highest BCUT2D eigenvalue weighted by Gasteiger charge is 2.39. The average molecular weight is 290 g/mol. The third kappa shape index (κ3) is 2.57. The molecular weight excluding hydrogens is 274 g/mol. The quantitative estimate of drug-likeness (QED) is 0.845. The molecule has 1 aliphatic carbocycles. The first-order chi connectivity index (χ1) is 8.89. The molecule has 2 rings (SSSR count). The molecule has 0 saturated heterocycles. The van der Waals surface area contributed by atoms with Gasteiger partial charge in [0.05, 0.1) is 0 Å². The largest absolute Gasteiger partial charge is 0.394 e. The lowest BCUT2D eigenvalue weighted by Crippen LogP contribution is -2.34. The Hall–Kier alpha value is -1.21. The van der Waals surface area contributed by atoms with Gasteiger partial charge in [-0.2, -0.15) is 4.31 Å². The highest BCUT2D eigenvalue weighted by Crippen LogP contribution is 2.34. The predicted molar refractivity (Wildman–Crippen MR) is 68.0 cm³/mol. The summed E-state index contributed by atoms with van der Waals surface area (Å²) in [6.45, 7) is 2.17. The van der Waals surface area contributed by atoms with Crippen molar-refractivity contribution in [3.8, 4) is 0 Å². The van der Waals surface area contributed by atoms with E-state index in [1.54, 1.807) is 0 Å². The summed E-state index contributed by atoms with van der Waals surface area (Å²) in [5.41, 5.74) is 4.46. The van der Waals surface area contributed by atoms with E-state index in [1.165, 1.54) is 4.31 Å². The highest BCUT2D eigenvalue weighted by atomic mass is 32.2. The summed E-state index contributed by atoms with van der Waals surface area (Å²) in [5.74, 6) is -2.16. The van der Waals surface area contributed by atoms with Gasteiger partial charge < -0.3 is 5.73 Å². The maximum atomic E-state index is 13.9. The van der Waals surface area contributed by atoms with Gasteiger partial charge in [0, 0.05) is 12.6 Å². The molecule has 106 valence electrons. The molecular formula is C12H16F2N2O2S. The molecule has 4 nitrogen and oxygen atoms in total. The summed E-state index contributed by atoms with van der Waals surface area (Å²) >= 11 is 0. The van der Waals surface area contributed by atoms with Crippen LogP contribution >= 0.6 is 0 Å². The molecule has 0 spiro atoms. The predicted octanol–water partition coefficient (Wildman–Crippen LogP) is 2.11. The second-order valence-corrected chi connectivity index (χ2v) is 6.48. The fraction of sp³-hybridized carbons (Fsp3) is 0.500. The molecule has 0 aliphatic heterocycles. The van der Waals surface area contributed by atoms with Gasteiger partial charge in [-0.15, -0.1) is 0 Å². The minimum absolute atomic E-state index is 0.0735. The summed E-state index contributed by atoms with van der Waals surface area (Å²) in [6, 6.07) is 1.74. The van der Waals surface area contributed by atoms with Crippen LogP contribution in [0, 0.1) is 11.6 Å². The van der Waals surface area contributed by atoms with Crippen LogP contribution in [0.25, 0.3) is 0 Å². The van der Waals surface area contributed by atoms with Crippen LogP contribution in [0.5, 0.6) is 0 Å². The number of nitrogens with zero attached hydrogens (tertiary/aromatic N) is 1. The van der Waals surface area contributed by atoms with E-state index in [1.807, 2.05) is 6.92 Å². The number of rotatable bonds is 5. The van der Waals surface area contributed by atoms with Crippen molar-refractivity contribution in [3.63, 3.8) is 0 Å². The van der Waals surface area contributed by atoms with Crippen LogP contribution in [0.3, 0.4) is 0 Å². The van der Waals surface area contributed by atoms with Gasteiger partial charge in [-0.05, 0) is 31.4 Å². The van der Waals surface area contributed by atoms with Crippen molar-refractivity contribution < 1.29 is 17.2 Å². The number of hydrogen-bond donors (Lipinski definition) is 1. The van der Waals surface area contributed by atoms with Gasteiger partial charge in [0.2, 0.25) is 10.0 Å². The fourth-order valence-corrected chi connectivity index (χ4v) is 3.81. The minimum atomic E-state index is -3.96. The third-order valence-electron chi connectivity index (χ3n) is 3.08. The van der Waals surface area contributed by atoms with Crippen molar-refractivity contribution in [3.05, 3.63) is 23.8 Å². The Morgan fingerprint density at radius 2 is 2.00 bits per heavy atom. The third-order valence-corrected chi connectivity index (χ3v) is 5.05. The Bertz CT molecular complexity index is 586. The van der Waals surface area contributed by atoms with Gasteiger partial charge in [0.25, 0.3) is 0 Å². The second kappa shape index (κ2) is 5.05. The van der Waals surface area contributed by atoms with Crippen molar-refractivity contribution in [2.24, 2.45) is 0 Å². The van der Waals surface area contributed by atoms with E-state index in [2.05, 4.69) is 0 Å². The van der Waals surface area contributed by atoms with Crippen molar-refractivity contribution in [2.45, 2.75) is 37.1 Å². The topological polar surface area (TPSA) is 63.4 Å². The number of nitrogens with two attached hydrogens (primary N) is 1. The molecule has 0 atom stereocenters. The van der Waals surface area contributed by atoms with E-state index < -0.39 is 32.2 Å². The molecule has 2 N–H and O–H groups in total. The first kappa shape index (κ1) is 14.2. The number of halogens is 2. The molecule has 0 unspecified atom stereocenters. The average Bonchev–Trinajstić information content (AvgIpc) is 3.16. The Kier molecular flexibility index (Phi) is 3.78. The first-order valence-electron chi connectivity index (χ1n) is 6.15. The van der Waals surface area contributed by atoms with Crippen molar-refractivity contribution in [2.75, 3.05) is 12.3 Å². The Morgan fingerprint density at radius 3 is 2.53 bits per heavy atom. The van der Waals surface area contributed by atoms with E-state index in [0.717, 1.165) is 25.0 Å². The van der Waals surface area contributed by atoms with E-state index in [-0.39, 0.29) is 6.04 Å². The summed E-state index contributed by atoms with van der Waals surface area (Å²) in [7, 11) is -3.96. The SMILES string of the molecule is CCCN(C1CC1)S(=O)(=O)c1ccc(F)c(N)c1F. The first-order valence-corrected chi connectivity index (χ1v) is 7.59. The second-order valence-electron chi connectivity index (χ2n) is 4.62. The molecule has 0 radical (unpaired) electrons. The van der Waals surface area contributed by atoms with Crippen LogP contribution in [-0.2, 0) is 10.0 Å². The maximum absolute atomic E-state index is 13.9. The van der Waals surface area contributed by atoms with E-state index >= 15 is 0 Å². The zero-order chi connectivity index (χ0) is 14.2. The lowest BCUT2D eigenvalue weighted by Gasteiger charge is -2.21. The maximum Gasteiger partial charge on any atom is 0.246 e. The number of benzene rings is 1. The zero-order valence-electron chi connectivity index (χ0n) is 10.6. The van der Waals surface area contributed by atoms with Gasteiger partial charge in [-0.25, -0.2) is 17.2 Å². The van der Waals surface area contributed by atoms with Gasteiger partial charge in [-0.3, -0.25) is 0 Å². The van der Waals surface area contributed by atoms with Crippen LogP contribution in [-0.4, -0.2) is 25.3 Å². The van der Waals surface area contributed by atoms with Crippen LogP contribution < -0.4 is 5.73 Å². The zero-order valence-corrected chi connectivity index (χ0v) is 11.4. The van der Waals surface area contributed by atoms with Crippen LogP contribution in [0.15, 0.2) is 17.0 Å². The molecule has 1 aromatic rings. The Balaban J connectivity index is 2.46. The Morgan fingerprint density at radius 1 is 1.37 bits per heavy atom. The molecule has 1 aliphatic rings. The summed E-state index contributed by atoms with van der Waals surface area (Å²) in [6.07, 6.45) is 2.18. The number of anilines is 1. The lowest BCUT2D eigenvalue weighted by molar-refractivity contribution is 0.400. The molecule has 0 aromatic heterocycles. The Labute approximate surface area is 111 Å². The molecule has 1 saturated carbocycles. The van der Waals surface area contributed by atoms with E-state index in [4.69, 9.17) is 5.73 Å². The number of sulfonamides is 1. The monoisotopic (exact) mass is 290 g/mol. The molecule has 0 amide bonds. The lowest BCUT2D eigenvalue weighted by atomic mass is 10.3. The molecule has 1 aromatic carbocycles. The summed E-state index contributed by atoms with van der Waals surface area (Å²) in [4.78, 5) is -0.549. The van der Waals surface area contributed by atoms with Gasteiger partial charge in [-0.1, -0.05) is 6.92 Å². The van der Waals surface area contributed by atoms with Crippen LogP contribution in [0.1, 0.15) is 26.2 Å². The van der Waals surface area contributed by atoms with Gasteiger partial charge in [0.15, 0.2) is 5.82 Å². The van der Waals surface area contributed by atoms with Gasteiger partial charge >= 0.3 is 0 Å². The number of hydrogen-bond acceptors (Lipinski definition) is 3. The number of nitrogen functional groups attached to an aromatic ring is 1. The fourth-order valence-electron chi connectivity index (χ4n) is 1.96. The molecule has 1 fully saturated rings. The van der Waals surface area contributed by atoms with Crippen molar-refractivity contribution in [1.29, 1.82) is 0 Å².